The fourth-order valence-corrected chi connectivity index (χ4v) is 2.52. The minimum Gasteiger partial charge on any atom is -0.478 e. The lowest BCUT2D eigenvalue weighted by Gasteiger charge is -2.25. The fourth-order valence-electron chi connectivity index (χ4n) is 2.52. The van der Waals surface area contributed by atoms with Crippen molar-refractivity contribution in [3.63, 3.8) is 0 Å². The molecule has 0 bridgehead atoms. The van der Waals surface area contributed by atoms with Crippen LogP contribution in [0.2, 0.25) is 0 Å². The molecule has 2 rings (SSSR count). The van der Waals surface area contributed by atoms with Crippen LogP contribution >= 0.6 is 0 Å². The van der Waals surface area contributed by atoms with Gasteiger partial charge in [-0.15, -0.1) is 13.2 Å². The first-order valence-corrected chi connectivity index (χ1v) is 7.71. The maximum Gasteiger partial charge on any atom is 0.337 e. The first-order chi connectivity index (χ1) is 11.1. The Bertz CT molecular complexity index is 611. The lowest BCUT2D eigenvalue weighted by atomic mass is 9.85. The van der Waals surface area contributed by atoms with Crippen molar-refractivity contribution in [1.29, 1.82) is 0 Å². The Kier molecular flexibility index (Phi) is 5.57. The van der Waals surface area contributed by atoms with Gasteiger partial charge in [0.1, 0.15) is 0 Å². The summed E-state index contributed by atoms with van der Waals surface area (Å²) >= 11 is 0. The second-order valence-electron chi connectivity index (χ2n) is 5.63. The lowest BCUT2D eigenvalue weighted by molar-refractivity contribution is -0.122. The number of carboxylic acid groups (broad SMARTS) is 1. The smallest absolute Gasteiger partial charge is 0.337 e. The number of carboxylic acids is 1. The van der Waals surface area contributed by atoms with Gasteiger partial charge in [0.2, 0.25) is 5.91 Å². The molecule has 2 N–H and O–H groups in total. The van der Waals surface area contributed by atoms with Gasteiger partial charge < -0.3 is 15.3 Å². The van der Waals surface area contributed by atoms with Gasteiger partial charge in [-0.1, -0.05) is 18.6 Å². The molecule has 0 radical (unpaired) electrons. The molecule has 0 saturated heterocycles. The van der Waals surface area contributed by atoms with Crippen LogP contribution in [-0.2, 0) is 4.79 Å². The van der Waals surface area contributed by atoms with Crippen molar-refractivity contribution in [2.24, 2.45) is 5.92 Å². The number of amides is 1. The maximum absolute atomic E-state index is 12.1. The summed E-state index contributed by atoms with van der Waals surface area (Å²) < 4.78 is 0. The Morgan fingerprint density at radius 2 is 1.91 bits per heavy atom. The first kappa shape index (κ1) is 16.8. The number of nitrogens with one attached hydrogen (secondary N) is 1. The quantitative estimate of drug-likeness (QED) is 0.722. The van der Waals surface area contributed by atoms with Crippen molar-refractivity contribution in [2.45, 2.75) is 19.3 Å². The van der Waals surface area contributed by atoms with Gasteiger partial charge in [-0.3, -0.25) is 4.79 Å². The number of nitrogens with zero attached hydrogens (tertiary/aromatic N) is 1. The zero-order chi connectivity index (χ0) is 16.8. The topological polar surface area (TPSA) is 69.6 Å². The molecule has 0 atom stereocenters. The summed E-state index contributed by atoms with van der Waals surface area (Å²) in [5.74, 6) is -1.15. The van der Waals surface area contributed by atoms with E-state index in [1.54, 1.807) is 30.4 Å². The van der Waals surface area contributed by atoms with Crippen molar-refractivity contribution >= 4 is 23.3 Å². The normalized spacial score (nSPS) is 13.7. The number of hydrogen-bond donors (Lipinski definition) is 2. The SMILES string of the molecule is C=CCN(CC=C)c1ccc(NC(=O)C2CCC2)c(C(=O)O)c1. The van der Waals surface area contributed by atoms with Gasteiger partial charge in [-0.05, 0) is 31.0 Å². The van der Waals surface area contributed by atoms with E-state index in [9.17, 15) is 14.7 Å². The summed E-state index contributed by atoms with van der Waals surface area (Å²) in [6.07, 6.45) is 6.30. The van der Waals surface area contributed by atoms with Gasteiger partial charge >= 0.3 is 5.97 Å². The van der Waals surface area contributed by atoms with Crippen molar-refractivity contribution in [3.8, 4) is 0 Å². The van der Waals surface area contributed by atoms with E-state index in [1.807, 2.05) is 4.90 Å². The number of benzene rings is 1. The van der Waals surface area contributed by atoms with E-state index in [1.165, 1.54) is 0 Å². The first-order valence-electron chi connectivity index (χ1n) is 7.71. The van der Waals surface area contributed by atoms with E-state index in [2.05, 4.69) is 18.5 Å². The van der Waals surface area contributed by atoms with Crippen LogP contribution in [0.5, 0.6) is 0 Å². The molecule has 0 spiro atoms. The highest BCUT2D eigenvalue weighted by molar-refractivity contribution is 6.02. The average molecular weight is 314 g/mol. The highest BCUT2D eigenvalue weighted by Gasteiger charge is 2.26. The Balaban J connectivity index is 2.25. The standard InChI is InChI=1S/C18H22N2O3/c1-3-10-20(11-4-2)14-8-9-16(15(12-14)18(22)23)19-17(21)13-6-5-7-13/h3-4,8-9,12-13H,1-2,5-7,10-11H2,(H,19,21)(H,22,23). The summed E-state index contributed by atoms with van der Waals surface area (Å²) in [5, 5.41) is 12.2. The van der Waals surface area contributed by atoms with Crippen LogP contribution in [-0.4, -0.2) is 30.1 Å². The van der Waals surface area contributed by atoms with Gasteiger partial charge in [-0.25, -0.2) is 4.79 Å². The summed E-state index contributed by atoms with van der Waals surface area (Å²) in [7, 11) is 0. The molecule has 1 aromatic rings. The van der Waals surface area contributed by atoms with Gasteiger partial charge in [-0.2, -0.15) is 0 Å². The van der Waals surface area contributed by atoms with E-state index < -0.39 is 5.97 Å². The summed E-state index contributed by atoms with van der Waals surface area (Å²) in [5.41, 5.74) is 1.19. The van der Waals surface area contributed by atoms with E-state index in [4.69, 9.17) is 0 Å². The largest absolute Gasteiger partial charge is 0.478 e. The third-order valence-corrected chi connectivity index (χ3v) is 4.03. The number of rotatable bonds is 8. The molecule has 0 aliphatic heterocycles. The second kappa shape index (κ2) is 7.63. The van der Waals surface area contributed by atoms with Crippen LogP contribution in [0.4, 0.5) is 11.4 Å². The molecule has 122 valence electrons. The number of anilines is 2. The van der Waals surface area contributed by atoms with Crippen LogP contribution in [0, 0.1) is 5.92 Å². The number of hydrogen-bond acceptors (Lipinski definition) is 3. The van der Waals surface area contributed by atoms with Gasteiger partial charge in [0.15, 0.2) is 0 Å². The Hall–Kier alpha value is -2.56. The Morgan fingerprint density at radius 3 is 2.39 bits per heavy atom. The Labute approximate surface area is 136 Å². The highest BCUT2D eigenvalue weighted by Crippen LogP contribution is 2.29. The monoisotopic (exact) mass is 314 g/mol. The van der Waals surface area contributed by atoms with E-state index in [0.29, 0.717) is 18.8 Å². The van der Waals surface area contributed by atoms with Crippen LogP contribution in [0.1, 0.15) is 29.6 Å². The number of carbonyl (C=O) groups is 2. The summed E-state index contributed by atoms with van der Waals surface area (Å²) in [6, 6.07) is 5.02. The summed E-state index contributed by atoms with van der Waals surface area (Å²) in [6.45, 7) is 8.58. The van der Waals surface area contributed by atoms with Crippen LogP contribution in [0.15, 0.2) is 43.5 Å². The second-order valence-corrected chi connectivity index (χ2v) is 5.63. The Morgan fingerprint density at radius 1 is 1.26 bits per heavy atom. The van der Waals surface area contributed by atoms with Crippen molar-refractivity contribution in [3.05, 3.63) is 49.1 Å². The third-order valence-electron chi connectivity index (χ3n) is 4.03. The van der Waals surface area contributed by atoms with Crippen molar-refractivity contribution in [1.82, 2.24) is 0 Å². The third kappa shape index (κ3) is 4.00. The maximum atomic E-state index is 12.1. The minimum absolute atomic E-state index is 0.00866. The molecule has 1 aliphatic rings. The molecule has 1 amide bonds. The minimum atomic E-state index is -1.06. The molecule has 0 aromatic heterocycles. The summed E-state index contributed by atoms with van der Waals surface area (Å²) in [4.78, 5) is 25.5. The fraction of sp³-hybridized carbons (Fsp3) is 0.333. The number of aromatic carboxylic acids is 1. The van der Waals surface area contributed by atoms with E-state index in [0.717, 1.165) is 24.9 Å². The molecule has 1 aromatic carbocycles. The average Bonchev–Trinajstić information content (AvgIpc) is 2.45. The zero-order valence-electron chi connectivity index (χ0n) is 13.1. The van der Waals surface area contributed by atoms with Crippen molar-refractivity contribution < 1.29 is 14.7 Å². The molecule has 5 nitrogen and oxygen atoms in total. The van der Waals surface area contributed by atoms with Crippen LogP contribution in [0.3, 0.4) is 0 Å². The van der Waals surface area contributed by atoms with Gasteiger partial charge in [0.05, 0.1) is 11.3 Å². The lowest BCUT2D eigenvalue weighted by Crippen LogP contribution is -2.29. The van der Waals surface area contributed by atoms with Crippen molar-refractivity contribution in [2.75, 3.05) is 23.3 Å². The number of carbonyl (C=O) groups excluding carboxylic acids is 1. The van der Waals surface area contributed by atoms with E-state index >= 15 is 0 Å². The zero-order valence-corrected chi connectivity index (χ0v) is 13.1. The molecule has 1 aliphatic carbocycles. The molecular weight excluding hydrogens is 292 g/mol. The van der Waals surface area contributed by atoms with Gasteiger partial charge in [0, 0.05) is 24.7 Å². The molecule has 1 saturated carbocycles. The molecule has 1 fully saturated rings. The molecule has 0 heterocycles. The molecular formula is C18H22N2O3. The van der Waals surface area contributed by atoms with Crippen LogP contribution in [0.25, 0.3) is 0 Å². The van der Waals surface area contributed by atoms with E-state index in [-0.39, 0.29) is 17.4 Å². The molecule has 23 heavy (non-hydrogen) atoms. The highest BCUT2D eigenvalue weighted by atomic mass is 16.4. The predicted molar refractivity (Wildman–Crippen MR) is 92.0 cm³/mol. The van der Waals surface area contributed by atoms with Gasteiger partial charge in [0.25, 0.3) is 0 Å². The van der Waals surface area contributed by atoms with Crippen LogP contribution < -0.4 is 10.2 Å². The molecule has 0 unspecified atom stereocenters. The molecule has 5 heteroatoms. The predicted octanol–water partition coefficient (Wildman–Crippen LogP) is 3.30.